The first kappa shape index (κ1) is 13.3. The maximum absolute atomic E-state index is 11.6. The van der Waals surface area contributed by atoms with Crippen molar-refractivity contribution in [1.82, 2.24) is 15.6 Å². The summed E-state index contributed by atoms with van der Waals surface area (Å²) in [6, 6.07) is 3.91. The molecule has 6 heteroatoms. The number of hydrogen-bond acceptors (Lipinski definition) is 5. The lowest BCUT2D eigenvalue weighted by molar-refractivity contribution is -0.120. The highest BCUT2D eigenvalue weighted by Gasteiger charge is 2.20. The lowest BCUT2D eigenvalue weighted by Crippen LogP contribution is -2.34. The third-order valence-electron chi connectivity index (χ3n) is 3.17. The summed E-state index contributed by atoms with van der Waals surface area (Å²) in [5.74, 6) is 1.38. The van der Waals surface area contributed by atoms with Gasteiger partial charge in [0, 0.05) is 0 Å². The van der Waals surface area contributed by atoms with Crippen LogP contribution in [-0.4, -0.2) is 24.0 Å². The van der Waals surface area contributed by atoms with E-state index < -0.39 is 0 Å². The van der Waals surface area contributed by atoms with Crippen molar-refractivity contribution in [2.75, 3.05) is 13.1 Å². The van der Waals surface area contributed by atoms with Gasteiger partial charge in [-0.1, -0.05) is 6.07 Å². The molecule has 20 heavy (non-hydrogen) atoms. The van der Waals surface area contributed by atoms with Gasteiger partial charge in [0.1, 0.15) is 6.26 Å². The van der Waals surface area contributed by atoms with E-state index in [0.717, 1.165) is 23.0 Å². The van der Waals surface area contributed by atoms with Gasteiger partial charge in [-0.05, 0) is 36.8 Å². The number of hydrogen-bond donors (Lipinski definition) is 2. The van der Waals surface area contributed by atoms with E-state index in [1.165, 1.54) is 12.8 Å². The molecule has 2 heterocycles. The SMILES string of the molecule is O=C(CNCC1CC1)NCc1coc(-c2cccs2)n1. The molecule has 1 aliphatic rings. The topological polar surface area (TPSA) is 67.2 Å². The molecule has 0 radical (unpaired) electrons. The molecule has 0 bridgehead atoms. The first-order valence-corrected chi connectivity index (χ1v) is 7.65. The largest absolute Gasteiger partial charge is 0.443 e. The zero-order chi connectivity index (χ0) is 13.8. The van der Waals surface area contributed by atoms with Crippen molar-refractivity contribution in [2.45, 2.75) is 19.4 Å². The molecule has 106 valence electrons. The number of amides is 1. The number of rotatable bonds is 7. The van der Waals surface area contributed by atoms with E-state index in [4.69, 9.17) is 4.42 Å². The van der Waals surface area contributed by atoms with Gasteiger partial charge in [-0.15, -0.1) is 11.3 Å². The molecule has 1 aliphatic carbocycles. The first-order valence-electron chi connectivity index (χ1n) is 6.77. The molecule has 1 saturated carbocycles. The lowest BCUT2D eigenvalue weighted by atomic mass is 10.4. The number of aromatic nitrogens is 1. The van der Waals surface area contributed by atoms with Crippen molar-refractivity contribution < 1.29 is 9.21 Å². The van der Waals surface area contributed by atoms with Crippen LogP contribution in [0.25, 0.3) is 10.8 Å². The van der Waals surface area contributed by atoms with Crippen LogP contribution in [-0.2, 0) is 11.3 Å². The van der Waals surface area contributed by atoms with Crippen molar-refractivity contribution in [2.24, 2.45) is 5.92 Å². The third kappa shape index (κ3) is 3.68. The van der Waals surface area contributed by atoms with Crippen LogP contribution in [0.1, 0.15) is 18.5 Å². The Morgan fingerprint density at radius 2 is 2.40 bits per heavy atom. The molecule has 2 N–H and O–H groups in total. The van der Waals surface area contributed by atoms with E-state index in [-0.39, 0.29) is 5.91 Å². The summed E-state index contributed by atoms with van der Waals surface area (Å²) < 4.78 is 5.39. The second kappa shape index (κ2) is 6.19. The molecule has 0 atom stereocenters. The monoisotopic (exact) mass is 291 g/mol. The standard InChI is InChI=1S/C14H17N3O2S/c18-13(8-15-6-10-3-4-10)16-7-11-9-19-14(17-11)12-2-1-5-20-12/h1-2,5,9-10,15H,3-4,6-8H2,(H,16,18). The predicted octanol–water partition coefficient (Wildman–Crippen LogP) is 2.02. The molecule has 0 spiro atoms. The molecule has 3 rings (SSSR count). The Balaban J connectivity index is 1.42. The van der Waals surface area contributed by atoms with Crippen molar-refractivity contribution in [1.29, 1.82) is 0 Å². The quantitative estimate of drug-likeness (QED) is 0.819. The van der Waals surface area contributed by atoms with Crippen LogP contribution in [0.15, 0.2) is 28.2 Å². The predicted molar refractivity (Wildman–Crippen MR) is 77.3 cm³/mol. The van der Waals surface area contributed by atoms with Crippen molar-refractivity contribution in [3.63, 3.8) is 0 Å². The van der Waals surface area contributed by atoms with E-state index in [1.54, 1.807) is 17.6 Å². The van der Waals surface area contributed by atoms with Gasteiger partial charge in [0.2, 0.25) is 11.8 Å². The molecule has 2 aromatic heterocycles. The fraction of sp³-hybridized carbons (Fsp3) is 0.429. The van der Waals surface area contributed by atoms with E-state index in [9.17, 15) is 4.79 Å². The molecule has 2 aromatic rings. The molecular formula is C14H17N3O2S. The highest BCUT2D eigenvalue weighted by Crippen LogP contribution is 2.27. The van der Waals surface area contributed by atoms with E-state index >= 15 is 0 Å². The van der Waals surface area contributed by atoms with Gasteiger partial charge in [-0.25, -0.2) is 4.98 Å². The van der Waals surface area contributed by atoms with Gasteiger partial charge in [-0.2, -0.15) is 0 Å². The molecule has 0 aliphatic heterocycles. The first-order chi connectivity index (χ1) is 9.81. The minimum absolute atomic E-state index is 0.00803. The molecule has 1 fully saturated rings. The number of carbonyl (C=O) groups excluding carboxylic acids is 1. The molecule has 0 unspecified atom stereocenters. The van der Waals surface area contributed by atoms with Gasteiger partial charge in [0.05, 0.1) is 23.7 Å². The number of thiophene rings is 1. The zero-order valence-corrected chi connectivity index (χ0v) is 11.9. The van der Waals surface area contributed by atoms with Gasteiger partial charge < -0.3 is 15.1 Å². The van der Waals surface area contributed by atoms with Crippen LogP contribution in [0.4, 0.5) is 0 Å². The fourth-order valence-electron chi connectivity index (χ4n) is 1.87. The van der Waals surface area contributed by atoms with Crippen molar-refractivity contribution >= 4 is 17.2 Å². The summed E-state index contributed by atoms with van der Waals surface area (Å²) in [7, 11) is 0. The molecular weight excluding hydrogens is 274 g/mol. The summed E-state index contributed by atoms with van der Waals surface area (Å²) >= 11 is 1.58. The van der Waals surface area contributed by atoms with Gasteiger partial charge in [0.15, 0.2) is 0 Å². The number of nitrogens with one attached hydrogen (secondary N) is 2. The van der Waals surface area contributed by atoms with Crippen LogP contribution in [0.2, 0.25) is 0 Å². The minimum atomic E-state index is -0.00803. The Hall–Kier alpha value is -1.66. The number of oxazole rings is 1. The van der Waals surface area contributed by atoms with Crippen molar-refractivity contribution in [3.8, 4) is 10.8 Å². The summed E-state index contributed by atoms with van der Waals surface area (Å²) in [6.07, 6.45) is 4.17. The van der Waals surface area contributed by atoms with Gasteiger partial charge in [0.25, 0.3) is 0 Å². The molecule has 5 nitrogen and oxygen atoms in total. The average molecular weight is 291 g/mol. The van der Waals surface area contributed by atoms with Crippen molar-refractivity contribution in [3.05, 3.63) is 29.5 Å². The number of nitrogens with zero attached hydrogens (tertiary/aromatic N) is 1. The molecule has 0 saturated heterocycles. The normalized spacial score (nSPS) is 14.4. The summed E-state index contributed by atoms with van der Waals surface area (Å²) in [6.45, 7) is 1.71. The third-order valence-corrected chi connectivity index (χ3v) is 4.02. The lowest BCUT2D eigenvalue weighted by Gasteiger charge is -2.04. The van der Waals surface area contributed by atoms with Crippen LogP contribution in [0.5, 0.6) is 0 Å². The van der Waals surface area contributed by atoms with E-state index in [2.05, 4.69) is 15.6 Å². The number of carbonyl (C=O) groups is 1. The highest BCUT2D eigenvalue weighted by molar-refractivity contribution is 7.13. The van der Waals surface area contributed by atoms with Crippen LogP contribution < -0.4 is 10.6 Å². The van der Waals surface area contributed by atoms with Crippen LogP contribution in [0, 0.1) is 5.92 Å². The maximum Gasteiger partial charge on any atom is 0.236 e. The second-order valence-electron chi connectivity index (χ2n) is 4.97. The van der Waals surface area contributed by atoms with E-state index in [0.29, 0.717) is 19.0 Å². The minimum Gasteiger partial charge on any atom is -0.443 e. The zero-order valence-electron chi connectivity index (χ0n) is 11.1. The Morgan fingerprint density at radius 3 is 3.15 bits per heavy atom. The van der Waals surface area contributed by atoms with Gasteiger partial charge >= 0.3 is 0 Å². The average Bonchev–Trinajstić information content (AvgIpc) is 2.96. The van der Waals surface area contributed by atoms with Gasteiger partial charge in [-0.3, -0.25) is 4.79 Å². The summed E-state index contributed by atoms with van der Waals surface area (Å²) in [5.41, 5.74) is 0.740. The van der Waals surface area contributed by atoms with Crippen LogP contribution >= 0.6 is 11.3 Å². The Kier molecular flexibility index (Phi) is 4.13. The fourth-order valence-corrected chi connectivity index (χ4v) is 2.52. The highest BCUT2D eigenvalue weighted by atomic mass is 32.1. The van der Waals surface area contributed by atoms with E-state index in [1.807, 2.05) is 17.5 Å². The Morgan fingerprint density at radius 1 is 1.50 bits per heavy atom. The molecule has 1 amide bonds. The van der Waals surface area contributed by atoms with Crippen LogP contribution in [0.3, 0.4) is 0 Å². The molecule has 0 aromatic carbocycles. The maximum atomic E-state index is 11.6. The summed E-state index contributed by atoms with van der Waals surface area (Å²) in [4.78, 5) is 17.0. The smallest absolute Gasteiger partial charge is 0.236 e. The Labute approximate surface area is 121 Å². The second-order valence-corrected chi connectivity index (χ2v) is 5.92. The summed E-state index contributed by atoms with van der Waals surface area (Å²) in [5, 5.41) is 7.97. The Bertz CT molecular complexity index is 561.